The largest absolute Gasteiger partial charge is 0.353 e. The molecule has 0 radical (unpaired) electrons. The van der Waals surface area contributed by atoms with Crippen LogP contribution >= 0.6 is 0 Å². The van der Waals surface area contributed by atoms with Gasteiger partial charge in [0.2, 0.25) is 5.91 Å². The molecule has 1 N–H and O–H groups in total. The number of amides is 4. The lowest BCUT2D eigenvalue weighted by molar-refractivity contribution is -0.140. The van der Waals surface area contributed by atoms with Crippen molar-refractivity contribution in [1.29, 1.82) is 0 Å². The minimum atomic E-state index is -0.826. The van der Waals surface area contributed by atoms with Crippen molar-refractivity contribution < 1.29 is 14.4 Å². The molecule has 4 amide bonds. The number of piperazine rings is 1. The van der Waals surface area contributed by atoms with Gasteiger partial charge in [0.25, 0.3) is 5.91 Å². The van der Waals surface area contributed by atoms with E-state index in [0.29, 0.717) is 32.6 Å². The Morgan fingerprint density at radius 3 is 2.56 bits per heavy atom. The fraction of sp³-hybridized carbons (Fsp3) is 0.696. The summed E-state index contributed by atoms with van der Waals surface area (Å²) in [4.78, 5) is 52.9. The van der Waals surface area contributed by atoms with Crippen molar-refractivity contribution in [2.24, 2.45) is 5.92 Å². The van der Waals surface area contributed by atoms with Crippen LogP contribution in [0.4, 0.5) is 10.6 Å². The molecule has 2 unspecified atom stereocenters. The van der Waals surface area contributed by atoms with Crippen molar-refractivity contribution in [3.05, 3.63) is 17.6 Å². The van der Waals surface area contributed by atoms with Crippen molar-refractivity contribution in [1.82, 2.24) is 25.1 Å². The number of hydrogen-bond acceptors (Lipinski definition) is 6. The quantitative estimate of drug-likeness (QED) is 0.717. The Bertz CT molecular complexity index is 911. The zero-order valence-corrected chi connectivity index (χ0v) is 19.6. The van der Waals surface area contributed by atoms with E-state index < -0.39 is 11.6 Å². The molecule has 4 rings (SSSR count). The van der Waals surface area contributed by atoms with Crippen molar-refractivity contribution in [2.75, 3.05) is 37.6 Å². The summed E-state index contributed by atoms with van der Waals surface area (Å²) in [5.41, 5.74) is 0.106. The number of aromatic nitrogens is 2. The highest BCUT2D eigenvalue weighted by molar-refractivity contribution is 6.09. The Kier molecular flexibility index (Phi) is 6.09. The van der Waals surface area contributed by atoms with E-state index >= 15 is 0 Å². The standard InChI is InChI=1S/C23H34N6O3/c1-15(2)20-24-17(4)13-18(25-20)27-9-11-28(12-10-27)19(30)14-29-21(31)23(26-22(29)32)8-6-5-7-16(23)3/h13,15-16H,5-12,14H2,1-4H3,(H,26,32). The van der Waals surface area contributed by atoms with Gasteiger partial charge >= 0.3 is 6.03 Å². The second-order valence-corrected chi connectivity index (χ2v) is 9.69. The van der Waals surface area contributed by atoms with Crippen LogP contribution in [0.25, 0.3) is 0 Å². The molecule has 1 spiro atoms. The molecule has 32 heavy (non-hydrogen) atoms. The van der Waals surface area contributed by atoms with Crippen molar-refractivity contribution in [3.63, 3.8) is 0 Å². The molecule has 9 heteroatoms. The molecule has 9 nitrogen and oxygen atoms in total. The van der Waals surface area contributed by atoms with E-state index in [1.54, 1.807) is 4.90 Å². The van der Waals surface area contributed by atoms with Gasteiger partial charge in [-0.1, -0.05) is 33.6 Å². The SMILES string of the molecule is Cc1cc(N2CCN(C(=O)CN3C(=O)NC4(CCCCC4C)C3=O)CC2)nc(C(C)C)n1. The number of carbonyl (C=O) groups is 3. The maximum Gasteiger partial charge on any atom is 0.325 e. The monoisotopic (exact) mass is 442 g/mol. The van der Waals surface area contributed by atoms with Gasteiger partial charge in [0.1, 0.15) is 23.7 Å². The molecule has 1 aliphatic carbocycles. The van der Waals surface area contributed by atoms with Crippen LogP contribution in [0.1, 0.15) is 63.9 Å². The predicted molar refractivity (Wildman–Crippen MR) is 120 cm³/mol. The second-order valence-electron chi connectivity index (χ2n) is 9.69. The van der Waals surface area contributed by atoms with Gasteiger partial charge < -0.3 is 15.1 Å². The summed E-state index contributed by atoms with van der Waals surface area (Å²) in [6.07, 6.45) is 3.55. The van der Waals surface area contributed by atoms with E-state index in [1.165, 1.54) is 0 Å². The molecule has 174 valence electrons. The number of rotatable bonds is 4. The summed E-state index contributed by atoms with van der Waals surface area (Å²) in [6, 6.07) is 1.54. The zero-order valence-electron chi connectivity index (χ0n) is 19.6. The molecule has 1 aromatic heterocycles. The molecule has 3 heterocycles. The molecule has 1 saturated carbocycles. The van der Waals surface area contributed by atoms with Gasteiger partial charge in [-0.15, -0.1) is 0 Å². The van der Waals surface area contributed by atoms with E-state index in [2.05, 4.69) is 29.0 Å². The predicted octanol–water partition coefficient (Wildman–Crippen LogP) is 2.06. The molecule has 0 bridgehead atoms. The topological polar surface area (TPSA) is 98.7 Å². The molecule has 3 fully saturated rings. The third kappa shape index (κ3) is 4.04. The minimum absolute atomic E-state index is 0.0865. The average molecular weight is 443 g/mol. The van der Waals surface area contributed by atoms with Gasteiger partial charge in [-0.05, 0) is 25.7 Å². The van der Waals surface area contributed by atoms with E-state index in [4.69, 9.17) is 4.98 Å². The number of nitrogens with one attached hydrogen (secondary N) is 1. The molecule has 2 atom stereocenters. The van der Waals surface area contributed by atoms with Gasteiger partial charge in [0, 0.05) is 43.9 Å². The molecule has 1 aromatic rings. The van der Waals surface area contributed by atoms with Crippen LogP contribution in [0.15, 0.2) is 6.07 Å². The van der Waals surface area contributed by atoms with Crippen LogP contribution in [-0.4, -0.2) is 75.9 Å². The van der Waals surface area contributed by atoms with Crippen LogP contribution < -0.4 is 10.2 Å². The van der Waals surface area contributed by atoms with Crippen LogP contribution in [0, 0.1) is 12.8 Å². The Labute approximate surface area is 189 Å². The van der Waals surface area contributed by atoms with Crippen LogP contribution in [0.5, 0.6) is 0 Å². The maximum absolute atomic E-state index is 13.1. The van der Waals surface area contributed by atoms with Gasteiger partial charge in [-0.25, -0.2) is 14.8 Å². The van der Waals surface area contributed by atoms with Crippen molar-refractivity contribution >= 4 is 23.7 Å². The highest BCUT2D eigenvalue weighted by Gasteiger charge is 2.55. The Morgan fingerprint density at radius 2 is 1.91 bits per heavy atom. The highest BCUT2D eigenvalue weighted by atomic mass is 16.2. The first kappa shape index (κ1) is 22.5. The van der Waals surface area contributed by atoms with E-state index in [1.807, 2.05) is 19.9 Å². The summed E-state index contributed by atoms with van der Waals surface area (Å²) in [7, 11) is 0. The minimum Gasteiger partial charge on any atom is -0.353 e. The fourth-order valence-electron chi connectivity index (χ4n) is 5.05. The van der Waals surface area contributed by atoms with Crippen LogP contribution in [0.2, 0.25) is 0 Å². The van der Waals surface area contributed by atoms with Gasteiger partial charge in [0.05, 0.1) is 0 Å². The van der Waals surface area contributed by atoms with E-state index in [0.717, 1.165) is 41.5 Å². The highest BCUT2D eigenvalue weighted by Crippen LogP contribution is 2.38. The van der Waals surface area contributed by atoms with Crippen molar-refractivity contribution in [3.8, 4) is 0 Å². The lowest BCUT2D eigenvalue weighted by Gasteiger charge is -2.37. The average Bonchev–Trinajstić information content (AvgIpc) is 3.00. The van der Waals surface area contributed by atoms with Gasteiger partial charge in [-0.3, -0.25) is 14.5 Å². The Balaban J connectivity index is 1.37. The van der Waals surface area contributed by atoms with E-state index in [9.17, 15) is 14.4 Å². The number of hydrogen-bond donors (Lipinski definition) is 1. The lowest BCUT2D eigenvalue weighted by Crippen LogP contribution is -2.55. The number of nitrogens with zero attached hydrogens (tertiary/aromatic N) is 5. The first-order valence-corrected chi connectivity index (χ1v) is 11.7. The number of imide groups is 1. The summed E-state index contributed by atoms with van der Waals surface area (Å²) >= 11 is 0. The normalized spacial score (nSPS) is 26.3. The third-order valence-corrected chi connectivity index (χ3v) is 7.13. The molecule has 0 aromatic carbocycles. The number of anilines is 1. The molecular formula is C23H34N6O3. The third-order valence-electron chi connectivity index (χ3n) is 7.13. The first-order valence-electron chi connectivity index (χ1n) is 11.7. The van der Waals surface area contributed by atoms with Gasteiger partial charge in [0.15, 0.2) is 0 Å². The van der Waals surface area contributed by atoms with E-state index in [-0.39, 0.29) is 30.2 Å². The summed E-state index contributed by atoms with van der Waals surface area (Å²) in [6.45, 7) is 10.3. The Morgan fingerprint density at radius 1 is 1.19 bits per heavy atom. The van der Waals surface area contributed by atoms with Crippen LogP contribution in [-0.2, 0) is 9.59 Å². The summed E-state index contributed by atoms with van der Waals surface area (Å²) < 4.78 is 0. The molecule has 2 aliphatic heterocycles. The number of urea groups is 1. The summed E-state index contributed by atoms with van der Waals surface area (Å²) in [5, 5.41) is 2.92. The number of carbonyl (C=O) groups excluding carboxylic acids is 3. The second kappa shape index (κ2) is 8.67. The molecule has 3 aliphatic rings. The maximum atomic E-state index is 13.1. The lowest BCUT2D eigenvalue weighted by atomic mass is 9.73. The molecule has 2 saturated heterocycles. The Hall–Kier alpha value is -2.71. The smallest absolute Gasteiger partial charge is 0.325 e. The fourth-order valence-corrected chi connectivity index (χ4v) is 5.05. The zero-order chi connectivity index (χ0) is 23.0. The number of aryl methyl sites for hydroxylation is 1. The molecular weight excluding hydrogens is 408 g/mol. The van der Waals surface area contributed by atoms with Crippen molar-refractivity contribution in [2.45, 2.75) is 64.8 Å². The van der Waals surface area contributed by atoms with Crippen LogP contribution in [0.3, 0.4) is 0 Å². The van der Waals surface area contributed by atoms with Gasteiger partial charge in [-0.2, -0.15) is 0 Å². The summed E-state index contributed by atoms with van der Waals surface area (Å²) in [5.74, 6) is 1.62. The first-order chi connectivity index (χ1) is 15.2.